The molecule has 34 heavy (non-hydrogen) atoms. The molecule has 2 amide bonds. The van der Waals surface area contributed by atoms with Crippen LogP contribution in [0.15, 0.2) is 47.4 Å². The molecular weight excluding hydrogens is 432 g/mol. The third-order valence-electron chi connectivity index (χ3n) is 5.32. The van der Waals surface area contributed by atoms with Crippen molar-refractivity contribution in [3.63, 3.8) is 0 Å². The summed E-state index contributed by atoms with van der Waals surface area (Å²) in [5, 5.41) is 0. The third kappa shape index (κ3) is 8.28. The van der Waals surface area contributed by atoms with Gasteiger partial charge in [0, 0.05) is 19.5 Å². The molecule has 0 aliphatic rings. The van der Waals surface area contributed by atoms with Crippen molar-refractivity contribution in [2.24, 2.45) is 5.41 Å². The SMILES string of the molecule is C=CCN(CC(=O)N(CCc1ccc(OC)c(OC)c1)Cc1ccc(C)o1)C(=O)CC(C)(C)C. The number of benzene rings is 1. The van der Waals surface area contributed by atoms with Gasteiger partial charge in [-0.25, -0.2) is 0 Å². The van der Waals surface area contributed by atoms with Crippen LogP contribution in [-0.4, -0.2) is 55.5 Å². The number of amides is 2. The Morgan fingerprint density at radius 2 is 1.74 bits per heavy atom. The van der Waals surface area contributed by atoms with Crippen molar-refractivity contribution in [3.8, 4) is 11.5 Å². The fourth-order valence-corrected chi connectivity index (χ4v) is 3.59. The van der Waals surface area contributed by atoms with Gasteiger partial charge in [0.15, 0.2) is 11.5 Å². The molecule has 0 aliphatic carbocycles. The number of carbonyl (C=O) groups is 2. The quantitative estimate of drug-likeness (QED) is 0.423. The molecule has 7 heteroatoms. The number of hydrogen-bond donors (Lipinski definition) is 0. The van der Waals surface area contributed by atoms with Crippen LogP contribution in [0.25, 0.3) is 0 Å². The molecule has 2 aromatic rings. The van der Waals surface area contributed by atoms with Crippen molar-refractivity contribution in [2.45, 2.75) is 47.1 Å². The second kappa shape index (κ2) is 12.3. The summed E-state index contributed by atoms with van der Waals surface area (Å²) >= 11 is 0. The molecule has 0 bridgehead atoms. The van der Waals surface area contributed by atoms with Crippen LogP contribution in [0.4, 0.5) is 0 Å². The van der Waals surface area contributed by atoms with E-state index in [0.29, 0.717) is 49.7 Å². The summed E-state index contributed by atoms with van der Waals surface area (Å²) < 4.78 is 16.4. The van der Waals surface area contributed by atoms with Crippen LogP contribution < -0.4 is 9.47 Å². The third-order valence-corrected chi connectivity index (χ3v) is 5.32. The molecule has 0 saturated carbocycles. The maximum atomic E-state index is 13.4. The lowest BCUT2D eigenvalue weighted by Crippen LogP contribution is -2.44. The van der Waals surface area contributed by atoms with E-state index in [-0.39, 0.29) is 23.8 Å². The zero-order chi connectivity index (χ0) is 25.3. The zero-order valence-electron chi connectivity index (χ0n) is 21.3. The van der Waals surface area contributed by atoms with E-state index in [2.05, 4.69) is 6.58 Å². The van der Waals surface area contributed by atoms with Crippen LogP contribution in [0.3, 0.4) is 0 Å². The van der Waals surface area contributed by atoms with E-state index in [1.54, 1.807) is 30.1 Å². The molecule has 0 fully saturated rings. The molecule has 0 aliphatic heterocycles. The standard InChI is InChI=1S/C27H38N2O5/c1-8-14-28(25(30)17-27(3,4)5)19-26(31)29(18-22-11-9-20(2)34-22)15-13-21-10-12-23(32-6)24(16-21)33-7/h8-12,16H,1,13-15,17-19H2,2-7H3. The minimum atomic E-state index is -0.168. The van der Waals surface area contributed by atoms with Crippen molar-refractivity contribution in [2.75, 3.05) is 33.9 Å². The van der Waals surface area contributed by atoms with Crippen LogP contribution in [0.2, 0.25) is 0 Å². The van der Waals surface area contributed by atoms with Crippen molar-refractivity contribution in [1.82, 2.24) is 9.80 Å². The van der Waals surface area contributed by atoms with Gasteiger partial charge in [-0.1, -0.05) is 32.9 Å². The summed E-state index contributed by atoms with van der Waals surface area (Å²) in [5.41, 5.74) is 0.844. The Bertz CT molecular complexity index is 974. The number of hydrogen-bond acceptors (Lipinski definition) is 5. The molecule has 0 atom stereocenters. The highest BCUT2D eigenvalue weighted by Crippen LogP contribution is 2.28. The van der Waals surface area contributed by atoms with Gasteiger partial charge in [0.05, 0.1) is 20.8 Å². The molecule has 0 saturated heterocycles. The maximum Gasteiger partial charge on any atom is 0.242 e. The van der Waals surface area contributed by atoms with E-state index < -0.39 is 0 Å². The molecule has 0 unspecified atom stereocenters. The Kier molecular flexibility index (Phi) is 9.78. The lowest BCUT2D eigenvalue weighted by Gasteiger charge is -2.29. The Labute approximate surface area is 203 Å². The predicted octanol–water partition coefficient (Wildman–Crippen LogP) is 4.63. The number of furan rings is 1. The lowest BCUT2D eigenvalue weighted by molar-refractivity contribution is -0.141. The van der Waals surface area contributed by atoms with Crippen LogP contribution in [0.1, 0.15) is 44.3 Å². The fraction of sp³-hybridized carbons (Fsp3) is 0.481. The Balaban J connectivity index is 2.18. The lowest BCUT2D eigenvalue weighted by atomic mass is 9.91. The van der Waals surface area contributed by atoms with E-state index in [0.717, 1.165) is 11.3 Å². The summed E-state index contributed by atoms with van der Waals surface area (Å²) in [5.74, 6) is 2.59. The minimum Gasteiger partial charge on any atom is -0.493 e. The number of nitrogens with zero attached hydrogens (tertiary/aromatic N) is 2. The topological polar surface area (TPSA) is 72.2 Å². The molecule has 186 valence electrons. The highest BCUT2D eigenvalue weighted by atomic mass is 16.5. The molecule has 1 heterocycles. The van der Waals surface area contributed by atoms with Gasteiger partial charge in [0.2, 0.25) is 11.8 Å². The second-order valence-electron chi connectivity index (χ2n) is 9.57. The number of ether oxygens (including phenoxy) is 2. The van der Waals surface area contributed by atoms with Gasteiger partial charge in [-0.3, -0.25) is 9.59 Å². The highest BCUT2D eigenvalue weighted by Gasteiger charge is 2.25. The minimum absolute atomic E-state index is 0.00738. The summed E-state index contributed by atoms with van der Waals surface area (Å²) in [7, 11) is 3.19. The Morgan fingerprint density at radius 3 is 2.29 bits per heavy atom. The first-order valence-corrected chi connectivity index (χ1v) is 11.5. The summed E-state index contributed by atoms with van der Waals surface area (Å²) in [6, 6.07) is 9.47. The predicted molar refractivity (Wildman–Crippen MR) is 133 cm³/mol. The molecule has 2 rings (SSSR count). The van der Waals surface area contributed by atoms with Gasteiger partial charge < -0.3 is 23.7 Å². The average Bonchev–Trinajstić information content (AvgIpc) is 3.19. The summed E-state index contributed by atoms with van der Waals surface area (Å²) in [6.07, 6.45) is 2.62. The number of carbonyl (C=O) groups excluding carboxylic acids is 2. The van der Waals surface area contributed by atoms with Gasteiger partial charge in [-0.05, 0) is 48.6 Å². The maximum absolute atomic E-state index is 13.4. The van der Waals surface area contributed by atoms with Crippen molar-refractivity contribution in [3.05, 3.63) is 60.1 Å². The number of rotatable bonds is 12. The first-order valence-electron chi connectivity index (χ1n) is 11.5. The molecule has 7 nitrogen and oxygen atoms in total. The molecule has 0 radical (unpaired) electrons. The largest absolute Gasteiger partial charge is 0.493 e. The van der Waals surface area contributed by atoms with Crippen LogP contribution in [0.5, 0.6) is 11.5 Å². The van der Waals surface area contributed by atoms with Crippen molar-refractivity contribution >= 4 is 11.8 Å². The Morgan fingerprint density at radius 1 is 1.03 bits per heavy atom. The van der Waals surface area contributed by atoms with E-state index >= 15 is 0 Å². The number of aryl methyl sites for hydroxylation is 1. The van der Waals surface area contributed by atoms with E-state index in [4.69, 9.17) is 13.9 Å². The molecule has 1 aromatic heterocycles. The monoisotopic (exact) mass is 470 g/mol. The Hall–Kier alpha value is -3.22. The van der Waals surface area contributed by atoms with E-state index in [9.17, 15) is 9.59 Å². The molecular formula is C27H38N2O5. The van der Waals surface area contributed by atoms with Crippen LogP contribution in [-0.2, 0) is 22.6 Å². The normalized spacial score (nSPS) is 11.1. The zero-order valence-corrected chi connectivity index (χ0v) is 21.3. The van der Waals surface area contributed by atoms with Crippen molar-refractivity contribution < 1.29 is 23.5 Å². The van der Waals surface area contributed by atoms with Gasteiger partial charge in [-0.2, -0.15) is 0 Å². The fourth-order valence-electron chi connectivity index (χ4n) is 3.59. The van der Waals surface area contributed by atoms with Crippen molar-refractivity contribution in [1.29, 1.82) is 0 Å². The number of methoxy groups -OCH3 is 2. The summed E-state index contributed by atoms with van der Waals surface area (Å²) in [6.45, 7) is 12.8. The second-order valence-corrected chi connectivity index (χ2v) is 9.57. The first-order chi connectivity index (χ1) is 16.1. The van der Waals surface area contributed by atoms with Gasteiger partial charge >= 0.3 is 0 Å². The van der Waals surface area contributed by atoms with Gasteiger partial charge in [0.25, 0.3) is 0 Å². The van der Waals surface area contributed by atoms with Gasteiger partial charge in [0.1, 0.15) is 18.1 Å². The average molecular weight is 471 g/mol. The highest BCUT2D eigenvalue weighted by molar-refractivity contribution is 5.85. The van der Waals surface area contributed by atoms with E-state index in [1.165, 1.54) is 0 Å². The molecule has 0 spiro atoms. The first kappa shape index (κ1) is 27.0. The van der Waals surface area contributed by atoms with Crippen LogP contribution >= 0.6 is 0 Å². The smallest absolute Gasteiger partial charge is 0.242 e. The van der Waals surface area contributed by atoms with Crippen LogP contribution in [0, 0.1) is 12.3 Å². The molecule has 0 N–H and O–H groups in total. The molecule has 1 aromatic carbocycles. The van der Waals surface area contributed by atoms with Gasteiger partial charge in [-0.15, -0.1) is 6.58 Å². The van der Waals surface area contributed by atoms with E-state index in [1.807, 2.05) is 58.0 Å². The summed E-state index contributed by atoms with van der Waals surface area (Å²) in [4.78, 5) is 29.5.